The molecule has 3 heterocycles. The van der Waals surface area contributed by atoms with E-state index in [1.807, 2.05) is 66.4 Å². The molecule has 4 atom stereocenters. The quantitative estimate of drug-likeness (QED) is 0.259. The first-order valence-corrected chi connectivity index (χ1v) is 14.1. The van der Waals surface area contributed by atoms with Gasteiger partial charge in [0, 0.05) is 38.1 Å². The molecule has 0 radical (unpaired) electrons. The molecule has 7 heteroatoms. The van der Waals surface area contributed by atoms with Crippen LogP contribution in [0.15, 0.2) is 103 Å². The third-order valence-corrected chi connectivity index (χ3v) is 9.20. The van der Waals surface area contributed by atoms with Gasteiger partial charge in [-0.3, -0.25) is 14.4 Å². The maximum atomic E-state index is 14.8. The third-order valence-electron chi connectivity index (χ3n) is 8.69. The Bertz CT molecular complexity index is 1780. The van der Waals surface area contributed by atoms with Crippen LogP contribution in [0.1, 0.15) is 38.8 Å². The van der Waals surface area contributed by atoms with Crippen LogP contribution in [0, 0.1) is 5.92 Å². The minimum atomic E-state index is -1.37. The molecule has 3 aliphatic rings. The number of carbonyl (C=O) groups is 3. The number of halogens is 2. The van der Waals surface area contributed by atoms with E-state index in [1.54, 1.807) is 48.5 Å². The molecule has 4 aromatic rings. The predicted molar refractivity (Wildman–Crippen MR) is 162 cm³/mol. The molecule has 1 amide bonds. The summed E-state index contributed by atoms with van der Waals surface area (Å²) >= 11 is 12.3. The Morgan fingerprint density at radius 2 is 1.37 bits per heavy atom. The molecule has 1 spiro atoms. The van der Waals surface area contributed by atoms with Crippen LogP contribution in [0.4, 0.5) is 11.4 Å². The van der Waals surface area contributed by atoms with Crippen molar-refractivity contribution in [2.24, 2.45) is 5.92 Å². The number of rotatable bonds is 4. The number of ketones is 2. The summed E-state index contributed by atoms with van der Waals surface area (Å²) in [7, 11) is 0. The molecular formula is C34H24Cl2N2O3. The van der Waals surface area contributed by atoms with Gasteiger partial charge >= 0.3 is 0 Å². The molecule has 0 aliphatic carbocycles. The molecule has 1 N–H and O–H groups in total. The maximum Gasteiger partial charge on any atom is 0.238 e. The van der Waals surface area contributed by atoms with Crippen molar-refractivity contribution in [1.29, 1.82) is 0 Å². The fourth-order valence-corrected chi connectivity index (χ4v) is 7.22. The van der Waals surface area contributed by atoms with Crippen LogP contribution < -0.4 is 10.2 Å². The van der Waals surface area contributed by atoms with Crippen LogP contribution >= 0.6 is 23.2 Å². The molecule has 41 heavy (non-hydrogen) atoms. The highest BCUT2D eigenvalue weighted by molar-refractivity contribution is 6.31. The zero-order chi connectivity index (χ0) is 28.5. The van der Waals surface area contributed by atoms with Gasteiger partial charge in [0.15, 0.2) is 11.6 Å². The number of allylic oxidation sites excluding steroid dienone is 1. The summed E-state index contributed by atoms with van der Waals surface area (Å²) in [6.45, 7) is 2.01. The number of hydrogen-bond donors (Lipinski definition) is 1. The highest BCUT2D eigenvalue weighted by atomic mass is 35.5. The summed E-state index contributed by atoms with van der Waals surface area (Å²) < 4.78 is 0. The van der Waals surface area contributed by atoms with E-state index in [1.165, 1.54) is 0 Å². The summed E-state index contributed by atoms with van der Waals surface area (Å²) in [5.41, 5.74) is 3.55. The molecule has 1 fully saturated rings. The number of hydrogen-bond acceptors (Lipinski definition) is 4. The maximum absolute atomic E-state index is 14.8. The highest BCUT2D eigenvalue weighted by Crippen LogP contribution is 2.58. The van der Waals surface area contributed by atoms with Gasteiger partial charge in [-0.1, -0.05) is 65.7 Å². The molecule has 0 unspecified atom stereocenters. The monoisotopic (exact) mass is 578 g/mol. The van der Waals surface area contributed by atoms with Crippen LogP contribution in [0.3, 0.4) is 0 Å². The molecule has 5 nitrogen and oxygen atoms in total. The average Bonchev–Trinajstić information content (AvgIpc) is 3.45. The summed E-state index contributed by atoms with van der Waals surface area (Å²) in [5.74, 6) is -1.89. The topological polar surface area (TPSA) is 66.5 Å². The lowest BCUT2D eigenvalue weighted by molar-refractivity contribution is -0.121. The molecule has 4 aromatic carbocycles. The van der Waals surface area contributed by atoms with E-state index < -0.39 is 23.4 Å². The standard InChI is InChI=1S/C34H24Cl2N2O3/c1-19-18-28-34(25-7-3-4-8-26(25)37-33(34)41)29(31(39)20-10-14-22(35)15-11-20)30(32(40)21-12-16-23(36)17-13-21)38(28)27-9-5-2-6-24(19)27/h2-18,28-30H,1H3,(H,37,41)/t28-,29-,30+,34-/m0/s1. The number of nitrogens with one attached hydrogen (secondary N) is 1. The van der Waals surface area contributed by atoms with Gasteiger partial charge in [-0.2, -0.15) is 0 Å². The Balaban J connectivity index is 1.55. The van der Waals surface area contributed by atoms with Crippen LogP contribution in [0.2, 0.25) is 10.0 Å². The van der Waals surface area contributed by atoms with Crippen LogP contribution in [0.25, 0.3) is 5.57 Å². The number of anilines is 2. The van der Waals surface area contributed by atoms with Gasteiger partial charge in [0.1, 0.15) is 11.5 Å². The van der Waals surface area contributed by atoms with E-state index in [-0.39, 0.29) is 17.5 Å². The van der Waals surface area contributed by atoms with E-state index in [4.69, 9.17) is 23.2 Å². The Kier molecular flexibility index (Phi) is 5.93. The van der Waals surface area contributed by atoms with Crippen molar-refractivity contribution in [3.05, 3.63) is 135 Å². The van der Waals surface area contributed by atoms with Gasteiger partial charge in [0.2, 0.25) is 5.91 Å². The lowest BCUT2D eigenvalue weighted by atomic mass is 9.64. The second kappa shape index (κ2) is 9.44. The zero-order valence-electron chi connectivity index (χ0n) is 22.0. The van der Waals surface area contributed by atoms with Crippen molar-refractivity contribution < 1.29 is 14.4 Å². The number of amides is 1. The molecule has 0 bridgehead atoms. The molecule has 7 rings (SSSR count). The minimum absolute atomic E-state index is 0.254. The van der Waals surface area contributed by atoms with E-state index in [0.717, 1.165) is 16.8 Å². The molecule has 202 valence electrons. The average molecular weight is 579 g/mol. The number of benzene rings is 4. The number of Topliss-reactive ketones (excluding diaryl/α,β-unsaturated/α-hetero) is 2. The molecule has 1 saturated heterocycles. The van der Waals surface area contributed by atoms with Crippen LogP contribution in [-0.4, -0.2) is 29.6 Å². The molecule has 3 aliphatic heterocycles. The van der Waals surface area contributed by atoms with Gasteiger partial charge < -0.3 is 10.2 Å². The summed E-state index contributed by atoms with van der Waals surface area (Å²) in [4.78, 5) is 45.8. The highest BCUT2D eigenvalue weighted by Gasteiger charge is 2.70. The molecule has 0 aromatic heterocycles. The number of nitrogens with zero attached hydrogens (tertiary/aromatic N) is 1. The van der Waals surface area contributed by atoms with Crippen molar-refractivity contribution in [2.75, 3.05) is 10.2 Å². The van der Waals surface area contributed by atoms with Gasteiger partial charge in [-0.25, -0.2) is 0 Å². The predicted octanol–water partition coefficient (Wildman–Crippen LogP) is 7.24. The number of carbonyl (C=O) groups excluding carboxylic acids is 3. The molecule has 0 saturated carbocycles. The van der Waals surface area contributed by atoms with Crippen molar-refractivity contribution in [3.8, 4) is 0 Å². The Hall–Kier alpha value is -4.19. The van der Waals surface area contributed by atoms with E-state index in [2.05, 4.69) is 5.32 Å². The Morgan fingerprint density at radius 3 is 2.05 bits per heavy atom. The smallest absolute Gasteiger partial charge is 0.238 e. The van der Waals surface area contributed by atoms with Crippen molar-refractivity contribution in [1.82, 2.24) is 0 Å². The first-order valence-electron chi connectivity index (χ1n) is 13.4. The van der Waals surface area contributed by atoms with E-state index in [0.29, 0.717) is 32.4 Å². The third kappa shape index (κ3) is 3.66. The Labute approximate surface area is 247 Å². The lowest BCUT2D eigenvalue weighted by Gasteiger charge is -2.39. The second-order valence-electron chi connectivity index (χ2n) is 10.8. The Morgan fingerprint density at radius 1 is 0.780 bits per heavy atom. The first-order chi connectivity index (χ1) is 19.8. The zero-order valence-corrected chi connectivity index (χ0v) is 23.5. The van der Waals surface area contributed by atoms with E-state index >= 15 is 0 Å². The normalized spacial score (nSPS) is 23.9. The van der Waals surface area contributed by atoms with Crippen molar-refractivity contribution >= 4 is 57.6 Å². The second-order valence-corrected chi connectivity index (χ2v) is 11.6. The van der Waals surface area contributed by atoms with E-state index in [9.17, 15) is 14.4 Å². The van der Waals surface area contributed by atoms with Crippen molar-refractivity contribution in [2.45, 2.75) is 24.4 Å². The fraction of sp³-hybridized carbons (Fsp3) is 0.147. The van der Waals surface area contributed by atoms with Crippen molar-refractivity contribution in [3.63, 3.8) is 0 Å². The number of para-hydroxylation sites is 2. The lowest BCUT2D eigenvalue weighted by Crippen LogP contribution is -2.51. The van der Waals surface area contributed by atoms with Gasteiger partial charge in [-0.05, 0) is 78.7 Å². The van der Waals surface area contributed by atoms with Crippen LogP contribution in [0.5, 0.6) is 0 Å². The van der Waals surface area contributed by atoms with Crippen LogP contribution in [-0.2, 0) is 10.2 Å². The SMILES string of the molecule is CC1=C[C@@H]2N(c3ccccc31)[C@@H](C(=O)c1ccc(Cl)cc1)[C@@H](C(=O)c1ccc(Cl)cc1)[C@@]21C(=O)Nc2ccccc21. The van der Waals surface area contributed by atoms with Gasteiger partial charge in [0.25, 0.3) is 0 Å². The number of fused-ring (bicyclic) bond motifs is 6. The summed E-state index contributed by atoms with van der Waals surface area (Å²) in [6.07, 6.45) is 2.04. The van der Waals surface area contributed by atoms with Gasteiger partial charge in [0.05, 0.1) is 12.0 Å². The summed E-state index contributed by atoms with van der Waals surface area (Å²) in [6, 6.07) is 27.0. The largest absolute Gasteiger partial charge is 0.352 e. The minimum Gasteiger partial charge on any atom is -0.352 e. The summed E-state index contributed by atoms with van der Waals surface area (Å²) in [5, 5.41) is 4.05. The molecular weight excluding hydrogens is 555 g/mol. The van der Waals surface area contributed by atoms with Gasteiger partial charge in [-0.15, -0.1) is 0 Å². The fourth-order valence-electron chi connectivity index (χ4n) is 6.97. The first kappa shape index (κ1) is 25.8.